The van der Waals surface area contributed by atoms with Crippen LogP contribution in [0.1, 0.15) is 18.4 Å². The second kappa shape index (κ2) is 10.7. The zero-order valence-corrected chi connectivity index (χ0v) is 16.1. The summed E-state index contributed by atoms with van der Waals surface area (Å²) in [6.07, 6.45) is 1.58. The van der Waals surface area contributed by atoms with E-state index in [0.29, 0.717) is 38.7 Å². The number of hydrogen-bond donors (Lipinski definition) is 4. The number of aliphatic hydroxyl groups excluding tert-OH is 1. The maximum Gasteiger partial charge on any atom is 0.239 e. The highest BCUT2D eigenvalue weighted by Crippen LogP contribution is 2.31. The lowest BCUT2D eigenvalue weighted by Gasteiger charge is -2.27. The Morgan fingerprint density at radius 1 is 1.30 bits per heavy atom. The Labute approximate surface area is 160 Å². The molecule has 27 heavy (non-hydrogen) atoms. The molecule has 0 saturated carbocycles. The molecule has 1 unspecified atom stereocenters. The van der Waals surface area contributed by atoms with E-state index in [1.807, 2.05) is 24.3 Å². The van der Waals surface area contributed by atoms with Crippen LogP contribution < -0.4 is 20.7 Å². The molecule has 2 rings (SSSR count). The number of benzene rings is 1. The monoisotopic (exact) mass is 378 g/mol. The molecule has 1 aromatic carbocycles. The molecule has 1 aliphatic rings. The van der Waals surface area contributed by atoms with Crippen molar-refractivity contribution in [2.45, 2.75) is 19.4 Å². The smallest absolute Gasteiger partial charge is 0.239 e. The topological polar surface area (TPSA) is 104 Å². The molecule has 1 atom stereocenters. The molecule has 0 aromatic heterocycles. The Kier molecular flexibility index (Phi) is 8.35. The molecule has 1 amide bonds. The average Bonchev–Trinajstić information content (AvgIpc) is 3.16. The van der Waals surface area contributed by atoms with E-state index in [0.717, 1.165) is 17.7 Å². The minimum atomic E-state index is -0.122. The molecular formula is C19H30N4O4. The van der Waals surface area contributed by atoms with Crippen molar-refractivity contribution in [2.24, 2.45) is 10.4 Å². The van der Waals surface area contributed by atoms with Crippen molar-refractivity contribution in [1.82, 2.24) is 16.0 Å². The number of aliphatic hydroxyl groups is 1. The summed E-state index contributed by atoms with van der Waals surface area (Å²) < 4.78 is 10.6. The minimum absolute atomic E-state index is 0.0804. The van der Waals surface area contributed by atoms with Gasteiger partial charge in [0.15, 0.2) is 5.96 Å². The molecule has 150 valence electrons. The summed E-state index contributed by atoms with van der Waals surface area (Å²) in [5.74, 6) is 1.22. The third kappa shape index (κ3) is 6.73. The second-order valence-corrected chi connectivity index (χ2v) is 6.68. The fourth-order valence-corrected chi connectivity index (χ4v) is 2.97. The van der Waals surface area contributed by atoms with Gasteiger partial charge in [-0.15, -0.1) is 0 Å². The van der Waals surface area contributed by atoms with Crippen LogP contribution in [-0.4, -0.2) is 64.0 Å². The van der Waals surface area contributed by atoms with Gasteiger partial charge in [0.2, 0.25) is 5.91 Å². The van der Waals surface area contributed by atoms with Crippen LogP contribution in [0.25, 0.3) is 0 Å². The summed E-state index contributed by atoms with van der Waals surface area (Å²) in [5.41, 5.74) is 0.919. The van der Waals surface area contributed by atoms with Crippen molar-refractivity contribution < 1.29 is 19.4 Å². The van der Waals surface area contributed by atoms with E-state index in [-0.39, 0.29) is 24.5 Å². The standard InChI is InChI=1S/C19H30N4O4/c1-20-18(23-13-19(7-9-24)8-10-27-14-19)22-12-17(25)21-11-15-3-5-16(26-2)6-4-15/h3-6,24H,7-14H2,1-2H3,(H,21,25)(H2,20,22,23). The van der Waals surface area contributed by atoms with Crippen LogP contribution in [0, 0.1) is 5.41 Å². The van der Waals surface area contributed by atoms with Crippen LogP contribution in [0.5, 0.6) is 5.75 Å². The number of ether oxygens (including phenoxy) is 2. The number of nitrogens with one attached hydrogen (secondary N) is 3. The quantitative estimate of drug-likeness (QED) is 0.363. The molecule has 0 spiro atoms. The van der Waals surface area contributed by atoms with Gasteiger partial charge in [0.05, 0.1) is 20.3 Å². The molecule has 1 saturated heterocycles. The first-order chi connectivity index (χ1) is 13.1. The summed E-state index contributed by atoms with van der Waals surface area (Å²) in [7, 11) is 3.28. The highest BCUT2D eigenvalue weighted by Gasteiger charge is 2.34. The zero-order chi connectivity index (χ0) is 19.5. The number of carbonyl (C=O) groups excluding carboxylic acids is 1. The van der Waals surface area contributed by atoms with Crippen LogP contribution in [0.4, 0.5) is 0 Å². The Bertz CT molecular complexity index is 613. The molecule has 0 aliphatic carbocycles. The molecule has 1 aromatic rings. The van der Waals surface area contributed by atoms with E-state index in [4.69, 9.17) is 9.47 Å². The Hall–Kier alpha value is -2.32. The van der Waals surface area contributed by atoms with Gasteiger partial charge in [-0.2, -0.15) is 0 Å². The van der Waals surface area contributed by atoms with Crippen molar-refractivity contribution in [2.75, 3.05) is 47.1 Å². The summed E-state index contributed by atoms with van der Waals surface area (Å²) in [4.78, 5) is 16.2. The van der Waals surface area contributed by atoms with Crippen molar-refractivity contribution >= 4 is 11.9 Å². The largest absolute Gasteiger partial charge is 0.497 e. The summed E-state index contributed by atoms with van der Waals surface area (Å²) in [5, 5.41) is 18.4. The lowest BCUT2D eigenvalue weighted by atomic mass is 9.84. The maximum absolute atomic E-state index is 12.1. The fourth-order valence-electron chi connectivity index (χ4n) is 2.97. The molecule has 1 fully saturated rings. The van der Waals surface area contributed by atoms with E-state index >= 15 is 0 Å². The summed E-state index contributed by atoms with van der Waals surface area (Å²) in [6.45, 7) is 2.68. The number of carbonyl (C=O) groups is 1. The van der Waals surface area contributed by atoms with Gasteiger partial charge in [-0.1, -0.05) is 12.1 Å². The molecule has 8 heteroatoms. The molecule has 4 N–H and O–H groups in total. The maximum atomic E-state index is 12.1. The van der Waals surface area contributed by atoms with Crippen LogP contribution in [0.2, 0.25) is 0 Å². The molecular weight excluding hydrogens is 348 g/mol. The normalized spacial score (nSPS) is 19.6. The van der Waals surface area contributed by atoms with Crippen molar-refractivity contribution in [1.29, 1.82) is 0 Å². The van der Waals surface area contributed by atoms with E-state index in [9.17, 15) is 9.90 Å². The number of rotatable bonds is 9. The van der Waals surface area contributed by atoms with E-state index in [1.165, 1.54) is 0 Å². The molecule has 1 heterocycles. The molecule has 1 aliphatic heterocycles. The number of aliphatic imine (C=N–C) groups is 1. The third-order valence-corrected chi connectivity index (χ3v) is 4.75. The lowest BCUT2D eigenvalue weighted by molar-refractivity contribution is -0.120. The Balaban J connectivity index is 1.71. The van der Waals surface area contributed by atoms with Gasteiger partial charge in [0.1, 0.15) is 5.75 Å². The van der Waals surface area contributed by atoms with Gasteiger partial charge in [0.25, 0.3) is 0 Å². The lowest BCUT2D eigenvalue weighted by Crippen LogP contribution is -2.47. The average molecular weight is 378 g/mol. The first-order valence-corrected chi connectivity index (χ1v) is 9.13. The van der Waals surface area contributed by atoms with E-state index < -0.39 is 0 Å². The van der Waals surface area contributed by atoms with E-state index in [2.05, 4.69) is 20.9 Å². The van der Waals surface area contributed by atoms with Crippen molar-refractivity contribution in [3.8, 4) is 5.75 Å². The number of methoxy groups -OCH3 is 1. The molecule has 0 radical (unpaired) electrons. The zero-order valence-electron chi connectivity index (χ0n) is 16.1. The van der Waals surface area contributed by atoms with Crippen LogP contribution in [0.15, 0.2) is 29.3 Å². The first kappa shape index (κ1) is 21.0. The Morgan fingerprint density at radius 2 is 2.07 bits per heavy atom. The van der Waals surface area contributed by atoms with Gasteiger partial charge in [0, 0.05) is 38.8 Å². The highest BCUT2D eigenvalue weighted by molar-refractivity contribution is 5.86. The molecule has 0 bridgehead atoms. The summed E-state index contributed by atoms with van der Waals surface area (Å²) >= 11 is 0. The number of guanidine groups is 1. The number of nitrogens with zero attached hydrogens (tertiary/aromatic N) is 1. The minimum Gasteiger partial charge on any atom is -0.497 e. The van der Waals surface area contributed by atoms with Gasteiger partial charge >= 0.3 is 0 Å². The van der Waals surface area contributed by atoms with Crippen molar-refractivity contribution in [3.63, 3.8) is 0 Å². The predicted molar refractivity (Wildman–Crippen MR) is 104 cm³/mol. The summed E-state index contributed by atoms with van der Waals surface area (Å²) in [6, 6.07) is 7.55. The first-order valence-electron chi connectivity index (χ1n) is 9.13. The van der Waals surface area contributed by atoms with Crippen LogP contribution in [-0.2, 0) is 16.1 Å². The highest BCUT2D eigenvalue weighted by atomic mass is 16.5. The Morgan fingerprint density at radius 3 is 2.67 bits per heavy atom. The van der Waals surface area contributed by atoms with E-state index in [1.54, 1.807) is 14.2 Å². The van der Waals surface area contributed by atoms with Crippen molar-refractivity contribution in [3.05, 3.63) is 29.8 Å². The van der Waals surface area contributed by atoms with Crippen LogP contribution in [0.3, 0.4) is 0 Å². The van der Waals surface area contributed by atoms with Gasteiger partial charge < -0.3 is 30.5 Å². The van der Waals surface area contributed by atoms with Gasteiger partial charge in [-0.05, 0) is 30.5 Å². The fraction of sp³-hybridized carbons (Fsp3) is 0.579. The SMILES string of the molecule is CN=C(NCC(=O)NCc1ccc(OC)cc1)NCC1(CCO)CCOC1. The second-order valence-electron chi connectivity index (χ2n) is 6.68. The number of hydrogen-bond acceptors (Lipinski definition) is 5. The molecule has 8 nitrogen and oxygen atoms in total. The number of amides is 1. The van der Waals surface area contributed by atoms with Gasteiger partial charge in [-0.25, -0.2) is 0 Å². The van der Waals surface area contributed by atoms with Gasteiger partial charge in [-0.3, -0.25) is 9.79 Å². The third-order valence-electron chi connectivity index (χ3n) is 4.75. The van der Waals surface area contributed by atoms with Crippen LogP contribution >= 0.6 is 0 Å². The predicted octanol–water partition coefficient (Wildman–Crippen LogP) is 0.266.